The van der Waals surface area contributed by atoms with Crippen LogP contribution in [0.5, 0.6) is 11.5 Å². The zero-order chi connectivity index (χ0) is 22.3. The van der Waals surface area contributed by atoms with Gasteiger partial charge in [0.15, 0.2) is 0 Å². The summed E-state index contributed by atoms with van der Waals surface area (Å²) in [7, 11) is -2.61. The summed E-state index contributed by atoms with van der Waals surface area (Å²) in [5.74, 6) is -0.212. The van der Waals surface area contributed by atoms with E-state index in [0.717, 1.165) is 0 Å². The number of primary amides is 1. The van der Waals surface area contributed by atoms with Crippen LogP contribution < -0.4 is 25.4 Å². The summed E-state index contributed by atoms with van der Waals surface area (Å²) >= 11 is 3.33. The summed E-state index contributed by atoms with van der Waals surface area (Å²) < 4.78 is 39.2. The summed E-state index contributed by atoms with van der Waals surface area (Å²) in [6, 6.07) is 10.3. The number of nitrogens with two attached hydrogens (primary N) is 1. The van der Waals surface area contributed by atoms with Crippen molar-refractivity contribution in [2.24, 2.45) is 10.8 Å². The molecule has 0 fully saturated rings. The van der Waals surface area contributed by atoms with Crippen LogP contribution in [0.3, 0.4) is 0 Å². The van der Waals surface area contributed by atoms with E-state index in [-0.39, 0.29) is 16.3 Å². The number of nitrogens with zero attached hydrogens (tertiary/aromatic N) is 2. The van der Waals surface area contributed by atoms with Crippen molar-refractivity contribution in [1.82, 2.24) is 0 Å². The van der Waals surface area contributed by atoms with Gasteiger partial charge in [0.2, 0.25) is 5.71 Å². The lowest BCUT2D eigenvalue weighted by atomic mass is 10.3. The highest BCUT2D eigenvalue weighted by molar-refractivity contribution is 9.10. The first-order valence-electron chi connectivity index (χ1n) is 8.38. The smallest absolute Gasteiger partial charge is 0.280 e. The second-order valence-electron chi connectivity index (χ2n) is 5.59. The van der Waals surface area contributed by atoms with Gasteiger partial charge in [0.25, 0.3) is 15.9 Å². The Hall–Kier alpha value is -3.30. The maximum Gasteiger partial charge on any atom is 0.280 e. The summed E-state index contributed by atoms with van der Waals surface area (Å²) in [6.07, 6.45) is 0. The molecule has 0 saturated heterocycles. The number of benzene rings is 2. The number of carbonyl (C=O) groups excluding carboxylic acids is 1. The summed E-state index contributed by atoms with van der Waals surface area (Å²) in [5.41, 5.74) is 7.30. The summed E-state index contributed by atoms with van der Waals surface area (Å²) in [6.45, 7) is 2.31. The minimum absolute atomic E-state index is 0.108. The predicted octanol–water partition coefficient (Wildman–Crippen LogP) is 2.43. The van der Waals surface area contributed by atoms with Gasteiger partial charge < -0.3 is 15.2 Å². The molecule has 0 radical (unpaired) electrons. The van der Waals surface area contributed by atoms with Crippen molar-refractivity contribution in [3.05, 3.63) is 40.9 Å². The Balaban J connectivity index is 2.35. The van der Waals surface area contributed by atoms with E-state index in [2.05, 4.69) is 31.2 Å². The normalized spacial score (nSPS) is 11.3. The number of nitriles is 1. The molecule has 158 valence electrons. The molecule has 12 heteroatoms. The lowest BCUT2D eigenvalue weighted by Crippen LogP contribution is -2.22. The molecule has 10 nitrogen and oxygen atoms in total. The monoisotopic (exact) mass is 495 g/mol. The summed E-state index contributed by atoms with van der Waals surface area (Å²) in [5, 5.41) is 12.4. The average Bonchev–Trinajstić information content (AvgIpc) is 2.70. The molecule has 0 unspecified atom stereocenters. The Bertz CT molecular complexity index is 1130. The Kier molecular flexibility index (Phi) is 7.62. The molecule has 2 aromatic carbocycles. The molecule has 0 aliphatic rings. The molecule has 1 amide bonds. The van der Waals surface area contributed by atoms with Crippen LogP contribution in [0.15, 0.2) is 50.9 Å². The maximum atomic E-state index is 12.8. The van der Waals surface area contributed by atoms with Gasteiger partial charge in [-0.1, -0.05) is 0 Å². The van der Waals surface area contributed by atoms with Gasteiger partial charge in [0.05, 0.1) is 34.5 Å². The van der Waals surface area contributed by atoms with Crippen LogP contribution >= 0.6 is 15.9 Å². The first-order valence-corrected chi connectivity index (χ1v) is 10.7. The van der Waals surface area contributed by atoms with E-state index in [1.165, 1.54) is 31.4 Å². The first-order chi connectivity index (χ1) is 14.2. The lowest BCUT2D eigenvalue weighted by molar-refractivity contribution is -0.111. The second kappa shape index (κ2) is 9.95. The van der Waals surface area contributed by atoms with Gasteiger partial charge in [-0.3, -0.25) is 14.9 Å². The number of hydrogen-bond donors (Lipinski definition) is 3. The molecule has 0 aromatic heterocycles. The number of rotatable bonds is 9. The predicted molar refractivity (Wildman–Crippen MR) is 115 cm³/mol. The highest BCUT2D eigenvalue weighted by Crippen LogP contribution is 2.31. The second-order valence-corrected chi connectivity index (χ2v) is 8.13. The topological polar surface area (TPSA) is 156 Å². The van der Waals surface area contributed by atoms with Gasteiger partial charge in [-0.2, -0.15) is 10.4 Å². The van der Waals surface area contributed by atoms with Gasteiger partial charge in [-0.15, -0.1) is 0 Å². The highest BCUT2D eigenvalue weighted by atomic mass is 79.9. The van der Waals surface area contributed by atoms with E-state index in [4.69, 9.17) is 20.5 Å². The third-order valence-corrected chi connectivity index (χ3v) is 5.59. The maximum absolute atomic E-state index is 12.8. The molecule has 0 bridgehead atoms. The largest absolute Gasteiger partial charge is 0.495 e. The molecule has 0 heterocycles. The van der Waals surface area contributed by atoms with E-state index in [0.29, 0.717) is 22.5 Å². The Labute approximate surface area is 181 Å². The van der Waals surface area contributed by atoms with Crippen molar-refractivity contribution >= 4 is 48.9 Å². The standard InChI is InChI=1S/C18H18BrN5O5S/c1-3-29-16-6-4-11(8-13(16)19)24-30(26,27)12-5-7-17(28-2)14(9-12)22-23-15(10-20)18(21)25/h4-9,22,24H,3H2,1-2H3,(H2,21,25). The van der Waals surface area contributed by atoms with Crippen molar-refractivity contribution in [2.75, 3.05) is 23.9 Å². The van der Waals surface area contributed by atoms with Crippen LogP contribution in [0, 0.1) is 11.3 Å². The van der Waals surface area contributed by atoms with E-state index < -0.39 is 21.6 Å². The quantitative estimate of drug-likeness (QED) is 0.356. The molecule has 30 heavy (non-hydrogen) atoms. The fourth-order valence-corrected chi connectivity index (χ4v) is 3.81. The molecule has 0 aliphatic carbocycles. The number of amides is 1. The van der Waals surface area contributed by atoms with Gasteiger partial charge in [-0.25, -0.2) is 8.42 Å². The highest BCUT2D eigenvalue weighted by Gasteiger charge is 2.18. The fraction of sp³-hybridized carbons (Fsp3) is 0.167. The van der Waals surface area contributed by atoms with E-state index in [9.17, 15) is 13.2 Å². The number of sulfonamides is 1. The molecule has 2 aromatic rings. The molecule has 4 N–H and O–H groups in total. The summed E-state index contributed by atoms with van der Waals surface area (Å²) in [4.78, 5) is 11.0. The number of hydrogen-bond acceptors (Lipinski definition) is 8. The first kappa shape index (κ1) is 23.0. The molecule has 0 atom stereocenters. The van der Waals surface area contributed by atoms with Crippen molar-refractivity contribution in [3.8, 4) is 17.6 Å². The van der Waals surface area contributed by atoms with Crippen LogP contribution in [-0.2, 0) is 14.8 Å². The lowest BCUT2D eigenvalue weighted by Gasteiger charge is -2.13. The van der Waals surface area contributed by atoms with Crippen LogP contribution in [-0.4, -0.2) is 33.8 Å². The number of halogens is 1. The van der Waals surface area contributed by atoms with E-state index >= 15 is 0 Å². The van der Waals surface area contributed by atoms with E-state index in [1.54, 1.807) is 18.2 Å². The van der Waals surface area contributed by atoms with Crippen LogP contribution in [0.25, 0.3) is 0 Å². The molecule has 0 spiro atoms. The number of carbonyl (C=O) groups is 1. The van der Waals surface area contributed by atoms with Crippen molar-refractivity contribution in [2.45, 2.75) is 11.8 Å². The minimum atomic E-state index is -3.98. The number of nitrogens with one attached hydrogen (secondary N) is 2. The Morgan fingerprint density at radius 1 is 1.27 bits per heavy atom. The number of anilines is 2. The average molecular weight is 496 g/mol. The molecule has 0 aliphatic heterocycles. The van der Waals surface area contributed by atoms with Gasteiger partial charge in [0.1, 0.15) is 17.6 Å². The minimum Gasteiger partial charge on any atom is -0.495 e. The molecular formula is C18H18BrN5O5S. The SMILES string of the molecule is CCOc1ccc(NS(=O)(=O)c2ccc(OC)c(NN=C(C#N)C(N)=O)c2)cc1Br. The molecular weight excluding hydrogens is 478 g/mol. The van der Waals surface area contributed by atoms with E-state index in [1.807, 2.05) is 6.92 Å². The Morgan fingerprint density at radius 2 is 1.97 bits per heavy atom. The van der Waals surface area contributed by atoms with Gasteiger partial charge in [-0.05, 0) is 59.3 Å². The van der Waals surface area contributed by atoms with Crippen LogP contribution in [0.2, 0.25) is 0 Å². The third kappa shape index (κ3) is 5.62. The number of hydrazone groups is 1. The van der Waals surface area contributed by atoms with Crippen molar-refractivity contribution in [3.63, 3.8) is 0 Å². The van der Waals surface area contributed by atoms with Crippen molar-refractivity contribution < 1.29 is 22.7 Å². The van der Waals surface area contributed by atoms with Crippen molar-refractivity contribution in [1.29, 1.82) is 5.26 Å². The fourth-order valence-electron chi connectivity index (χ4n) is 2.24. The Morgan fingerprint density at radius 3 is 2.53 bits per heavy atom. The zero-order valence-corrected chi connectivity index (χ0v) is 18.4. The number of methoxy groups -OCH3 is 1. The van der Waals surface area contributed by atoms with Gasteiger partial charge >= 0.3 is 0 Å². The van der Waals surface area contributed by atoms with Gasteiger partial charge in [0, 0.05) is 0 Å². The molecule has 2 rings (SSSR count). The number of ether oxygens (including phenoxy) is 2. The van der Waals surface area contributed by atoms with Crippen LogP contribution in [0.4, 0.5) is 11.4 Å². The van der Waals surface area contributed by atoms with Crippen LogP contribution in [0.1, 0.15) is 6.92 Å². The third-order valence-electron chi connectivity index (χ3n) is 3.59. The molecule has 0 saturated carbocycles. The zero-order valence-electron chi connectivity index (χ0n) is 16.0.